The lowest BCUT2D eigenvalue weighted by atomic mass is 9.83. The maximum atomic E-state index is 13.3. The van der Waals surface area contributed by atoms with Crippen molar-refractivity contribution in [1.82, 2.24) is 4.98 Å². The molecule has 5 rings (SSSR count). The zero-order valence-electron chi connectivity index (χ0n) is 20.5. The normalized spacial score (nSPS) is 16.9. The minimum atomic E-state index is -4.54. The molecular formula is C28H27F3N4O3. The Balaban J connectivity index is 1.26. The third-order valence-corrected chi connectivity index (χ3v) is 6.77. The van der Waals surface area contributed by atoms with Crippen LogP contribution < -0.4 is 21.1 Å². The van der Waals surface area contributed by atoms with E-state index >= 15 is 0 Å². The van der Waals surface area contributed by atoms with E-state index in [1.165, 1.54) is 6.07 Å². The number of aryl methyl sites for hydroxylation is 1. The predicted molar refractivity (Wildman–Crippen MR) is 136 cm³/mol. The van der Waals surface area contributed by atoms with E-state index < -0.39 is 17.7 Å². The first-order valence-corrected chi connectivity index (χ1v) is 12.5. The predicted octanol–water partition coefficient (Wildman–Crippen LogP) is 5.44. The Labute approximate surface area is 217 Å². The summed E-state index contributed by atoms with van der Waals surface area (Å²) in [5, 5.41) is 5.44. The largest absolute Gasteiger partial charge is 0.457 e. The van der Waals surface area contributed by atoms with Crippen LogP contribution in [0, 0.1) is 11.8 Å². The molecule has 1 heterocycles. The topological polar surface area (TPSA) is 106 Å². The van der Waals surface area contributed by atoms with Gasteiger partial charge in [0.25, 0.3) is 0 Å². The number of fused-ring (bicyclic) bond motifs is 1. The molecule has 2 amide bonds. The molecule has 1 atom stereocenters. The number of halogens is 3. The SMILES string of the molecule is NCc1cc(NC(=O)[C@H]2CCc3ccc(Oc4ccnc(NC(=O)C5CC5)c4)cc3C2)cc(C(F)(F)F)c1. The molecule has 1 saturated carbocycles. The van der Waals surface area contributed by atoms with E-state index in [2.05, 4.69) is 15.6 Å². The zero-order chi connectivity index (χ0) is 26.9. The number of ether oxygens (including phenoxy) is 1. The third kappa shape index (κ3) is 6.13. The summed E-state index contributed by atoms with van der Waals surface area (Å²) in [6.45, 7) is -0.0712. The fourth-order valence-corrected chi connectivity index (χ4v) is 4.56. The highest BCUT2D eigenvalue weighted by Crippen LogP contribution is 2.34. The molecule has 0 saturated heterocycles. The molecule has 0 unspecified atom stereocenters. The average molecular weight is 525 g/mol. The lowest BCUT2D eigenvalue weighted by Gasteiger charge is -2.25. The summed E-state index contributed by atoms with van der Waals surface area (Å²) in [6, 6.07) is 12.4. The van der Waals surface area contributed by atoms with Crippen LogP contribution >= 0.6 is 0 Å². The molecule has 1 fully saturated rings. The lowest BCUT2D eigenvalue weighted by molar-refractivity contribution is -0.137. The smallest absolute Gasteiger partial charge is 0.416 e. The second kappa shape index (κ2) is 10.4. The van der Waals surface area contributed by atoms with Crippen molar-refractivity contribution >= 4 is 23.3 Å². The number of aromatic nitrogens is 1. The summed E-state index contributed by atoms with van der Waals surface area (Å²) in [6.07, 6.45) is 0.479. The Morgan fingerprint density at radius 1 is 0.921 bits per heavy atom. The van der Waals surface area contributed by atoms with Crippen LogP contribution in [0.3, 0.4) is 0 Å². The quantitative estimate of drug-likeness (QED) is 0.382. The highest BCUT2D eigenvalue weighted by Gasteiger charge is 2.32. The number of rotatable bonds is 7. The molecule has 0 aliphatic heterocycles. The Kier molecular flexibility index (Phi) is 7.07. The Morgan fingerprint density at radius 2 is 1.68 bits per heavy atom. The first-order valence-electron chi connectivity index (χ1n) is 12.5. The van der Waals surface area contributed by atoms with Gasteiger partial charge in [0.1, 0.15) is 17.3 Å². The number of carbonyl (C=O) groups excluding carboxylic acids is 2. The first kappa shape index (κ1) is 25.7. The van der Waals surface area contributed by atoms with Crippen molar-refractivity contribution < 1.29 is 27.5 Å². The molecule has 4 N–H and O–H groups in total. The van der Waals surface area contributed by atoms with Crippen molar-refractivity contribution in [1.29, 1.82) is 0 Å². The van der Waals surface area contributed by atoms with Gasteiger partial charge in [0.05, 0.1) is 5.56 Å². The average Bonchev–Trinajstić information content (AvgIpc) is 3.73. The van der Waals surface area contributed by atoms with Crippen molar-refractivity contribution in [3.63, 3.8) is 0 Å². The van der Waals surface area contributed by atoms with E-state index in [-0.39, 0.29) is 35.5 Å². The van der Waals surface area contributed by atoms with Crippen molar-refractivity contribution in [3.05, 3.63) is 77.0 Å². The second-order valence-corrected chi connectivity index (χ2v) is 9.72. The van der Waals surface area contributed by atoms with E-state index in [0.717, 1.165) is 36.1 Å². The zero-order valence-corrected chi connectivity index (χ0v) is 20.5. The van der Waals surface area contributed by atoms with Crippen LogP contribution in [0.25, 0.3) is 0 Å². The molecule has 3 aromatic rings. The number of carbonyl (C=O) groups is 2. The van der Waals surface area contributed by atoms with E-state index in [9.17, 15) is 22.8 Å². The summed E-state index contributed by atoms with van der Waals surface area (Å²) in [5.74, 6) is 0.771. The molecule has 7 nitrogen and oxygen atoms in total. The van der Waals surface area contributed by atoms with Gasteiger partial charge in [-0.05, 0) is 85.2 Å². The van der Waals surface area contributed by atoms with Gasteiger partial charge in [-0.25, -0.2) is 4.98 Å². The molecule has 2 aliphatic rings. The fourth-order valence-electron chi connectivity index (χ4n) is 4.56. The molecule has 2 aromatic carbocycles. The highest BCUT2D eigenvalue weighted by molar-refractivity contribution is 5.93. The summed E-state index contributed by atoms with van der Waals surface area (Å²) >= 11 is 0. The van der Waals surface area contributed by atoms with E-state index in [0.29, 0.717) is 36.6 Å². The molecule has 0 radical (unpaired) electrons. The summed E-state index contributed by atoms with van der Waals surface area (Å²) in [7, 11) is 0. The van der Waals surface area contributed by atoms with Gasteiger partial charge >= 0.3 is 6.18 Å². The van der Waals surface area contributed by atoms with Crippen molar-refractivity contribution in [3.8, 4) is 11.5 Å². The van der Waals surface area contributed by atoms with Gasteiger partial charge in [-0.15, -0.1) is 0 Å². The molecule has 10 heteroatoms. The summed E-state index contributed by atoms with van der Waals surface area (Å²) in [4.78, 5) is 29.2. The first-order chi connectivity index (χ1) is 18.2. The molecular weight excluding hydrogens is 497 g/mol. The Hall–Kier alpha value is -3.92. The van der Waals surface area contributed by atoms with Gasteiger partial charge in [0.15, 0.2) is 0 Å². The maximum absolute atomic E-state index is 13.3. The van der Waals surface area contributed by atoms with Gasteiger partial charge in [-0.3, -0.25) is 9.59 Å². The van der Waals surface area contributed by atoms with Crippen LogP contribution in [0.1, 0.15) is 41.5 Å². The minimum Gasteiger partial charge on any atom is -0.457 e. The Morgan fingerprint density at radius 3 is 2.42 bits per heavy atom. The van der Waals surface area contributed by atoms with Crippen LogP contribution in [-0.4, -0.2) is 16.8 Å². The van der Waals surface area contributed by atoms with Gasteiger partial charge in [0.2, 0.25) is 11.8 Å². The van der Waals surface area contributed by atoms with Crippen molar-refractivity contribution in [2.24, 2.45) is 17.6 Å². The van der Waals surface area contributed by atoms with Crippen molar-refractivity contribution in [2.75, 3.05) is 10.6 Å². The number of pyridine rings is 1. The number of anilines is 2. The fraction of sp³-hybridized carbons (Fsp3) is 0.321. The van der Waals surface area contributed by atoms with E-state index in [1.807, 2.05) is 18.2 Å². The number of nitrogens with zero attached hydrogens (tertiary/aromatic N) is 1. The van der Waals surface area contributed by atoms with Crippen LogP contribution in [0.2, 0.25) is 0 Å². The standard InChI is InChI=1S/C28H27F3N4O3/c29-28(30,31)21-9-16(15-32)10-22(13-21)34-27(37)19-4-1-17-5-6-23(12-20(17)11-19)38-24-7-8-33-25(14-24)35-26(36)18-2-3-18/h5-10,12-14,18-19H,1-4,11,15,32H2,(H,34,37)(H,33,35,36)/t19-/m0/s1. The number of nitrogens with one attached hydrogen (secondary N) is 2. The number of alkyl halides is 3. The van der Waals surface area contributed by atoms with Crippen LogP contribution in [0.4, 0.5) is 24.7 Å². The molecule has 2 aliphatic carbocycles. The molecule has 0 bridgehead atoms. The minimum absolute atomic E-state index is 0.0443. The number of benzene rings is 2. The summed E-state index contributed by atoms with van der Waals surface area (Å²) < 4.78 is 45.8. The van der Waals surface area contributed by atoms with Gasteiger partial charge in [0, 0.05) is 36.3 Å². The monoisotopic (exact) mass is 524 g/mol. The van der Waals surface area contributed by atoms with Crippen molar-refractivity contribution in [2.45, 2.75) is 44.8 Å². The lowest BCUT2D eigenvalue weighted by Crippen LogP contribution is -2.28. The molecule has 1 aromatic heterocycles. The van der Waals surface area contributed by atoms with E-state index in [1.54, 1.807) is 18.3 Å². The number of amides is 2. The van der Waals surface area contributed by atoms with E-state index in [4.69, 9.17) is 10.5 Å². The molecule has 38 heavy (non-hydrogen) atoms. The third-order valence-electron chi connectivity index (χ3n) is 6.77. The number of hydrogen-bond acceptors (Lipinski definition) is 5. The van der Waals surface area contributed by atoms with Gasteiger partial charge < -0.3 is 21.1 Å². The van der Waals surface area contributed by atoms with Gasteiger partial charge in [-0.1, -0.05) is 6.07 Å². The molecule has 198 valence electrons. The Bertz CT molecular complexity index is 1370. The summed E-state index contributed by atoms with van der Waals surface area (Å²) in [5.41, 5.74) is 7.11. The van der Waals surface area contributed by atoms with Crippen LogP contribution in [0.15, 0.2) is 54.7 Å². The number of hydrogen-bond donors (Lipinski definition) is 3. The molecule has 0 spiro atoms. The second-order valence-electron chi connectivity index (χ2n) is 9.72. The van der Waals surface area contributed by atoms with Gasteiger partial charge in [-0.2, -0.15) is 13.2 Å². The highest BCUT2D eigenvalue weighted by atomic mass is 19.4. The van der Waals surface area contributed by atoms with Crippen LogP contribution in [0.5, 0.6) is 11.5 Å². The maximum Gasteiger partial charge on any atom is 0.416 e. The number of nitrogens with two attached hydrogens (primary N) is 1. The van der Waals surface area contributed by atoms with Crippen LogP contribution in [-0.2, 0) is 35.2 Å².